The summed E-state index contributed by atoms with van der Waals surface area (Å²) in [5.41, 5.74) is 0. The molecule has 0 unspecified atom stereocenters. The van der Waals surface area contributed by atoms with Gasteiger partial charge in [-0.15, -0.1) is 5.10 Å². The van der Waals surface area contributed by atoms with Gasteiger partial charge in [0.25, 0.3) is 0 Å². The molecule has 3 heterocycles. The van der Waals surface area contributed by atoms with Gasteiger partial charge in [0.1, 0.15) is 0 Å². The maximum atomic E-state index is 5.04. The van der Waals surface area contributed by atoms with E-state index < -0.39 is 0 Å². The molecule has 70 valence electrons. The van der Waals surface area contributed by atoms with Crippen LogP contribution in [0.2, 0.25) is 0 Å². The zero-order chi connectivity index (χ0) is 8.84. The van der Waals surface area contributed by atoms with Crippen molar-refractivity contribution in [3.05, 3.63) is 3.95 Å². The number of aromatic nitrogens is 2. The average Bonchev–Trinajstić information content (AvgIpc) is 2.78. The van der Waals surface area contributed by atoms with Crippen molar-refractivity contribution in [2.24, 2.45) is 0 Å². The summed E-state index contributed by atoms with van der Waals surface area (Å²) in [6.07, 6.45) is 5.38. The van der Waals surface area contributed by atoms with Crippen molar-refractivity contribution in [3.63, 3.8) is 0 Å². The van der Waals surface area contributed by atoms with Crippen molar-refractivity contribution in [1.29, 1.82) is 0 Å². The van der Waals surface area contributed by atoms with Crippen LogP contribution >= 0.6 is 23.6 Å². The molecule has 2 aliphatic heterocycles. The number of aromatic amines is 1. The van der Waals surface area contributed by atoms with Gasteiger partial charge in [0.2, 0.25) is 5.13 Å². The smallest absolute Gasteiger partial charge is 0.207 e. The summed E-state index contributed by atoms with van der Waals surface area (Å²) >= 11 is 6.65. The fourth-order valence-corrected chi connectivity index (χ4v) is 3.58. The molecule has 0 saturated carbocycles. The normalized spacial score (nSPS) is 31.5. The quantitative estimate of drug-likeness (QED) is 0.727. The van der Waals surface area contributed by atoms with Crippen LogP contribution in [0.3, 0.4) is 0 Å². The van der Waals surface area contributed by atoms with Gasteiger partial charge >= 0.3 is 0 Å². The molecular formula is C8H11N3S2. The van der Waals surface area contributed by atoms with E-state index in [1.165, 1.54) is 25.7 Å². The van der Waals surface area contributed by atoms with Gasteiger partial charge in [-0.25, -0.2) is 0 Å². The molecule has 3 nitrogen and oxygen atoms in total. The van der Waals surface area contributed by atoms with Crippen molar-refractivity contribution in [2.45, 2.75) is 37.8 Å². The van der Waals surface area contributed by atoms with Gasteiger partial charge in [0.05, 0.1) is 0 Å². The number of nitrogens with zero attached hydrogens (tertiary/aromatic N) is 2. The Kier molecular flexibility index (Phi) is 1.70. The van der Waals surface area contributed by atoms with E-state index in [0.29, 0.717) is 0 Å². The predicted molar refractivity (Wildman–Crippen MR) is 55.8 cm³/mol. The molecule has 0 atom stereocenters. The third-order valence-electron chi connectivity index (χ3n) is 3.10. The minimum atomic E-state index is 0.749. The second kappa shape index (κ2) is 2.78. The van der Waals surface area contributed by atoms with Crippen molar-refractivity contribution >= 4 is 28.7 Å². The first kappa shape index (κ1) is 7.94. The summed E-state index contributed by atoms with van der Waals surface area (Å²) in [7, 11) is 0. The van der Waals surface area contributed by atoms with Crippen molar-refractivity contribution in [1.82, 2.24) is 10.2 Å². The monoisotopic (exact) mass is 213 g/mol. The highest BCUT2D eigenvalue weighted by atomic mass is 32.1. The van der Waals surface area contributed by atoms with E-state index >= 15 is 0 Å². The van der Waals surface area contributed by atoms with Crippen molar-refractivity contribution in [3.8, 4) is 0 Å². The Morgan fingerprint density at radius 3 is 2.38 bits per heavy atom. The number of hydrogen-bond acceptors (Lipinski definition) is 4. The van der Waals surface area contributed by atoms with Gasteiger partial charge in [0, 0.05) is 12.1 Å². The number of hydrogen-bond donors (Lipinski definition) is 1. The van der Waals surface area contributed by atoms with Crippen molar-refractivity contribution < 1.29 is 0 Å². The van der Waals surface area contributed by atoms with Crippen LogP contribution in [-0.2, 0) is 0 Å². The number of nitrogens with one attached hydrogen (secondary N) is 1. The van der Waals surface area contributed by atoms with Crippen LogP contribution in [0.5, 0.6) is 0 Å². The number of fused-ring (bicyclic) bond motifs is 2. The lowest BCUT2D eigenvalue weighted by atomic mass is 10.0. The molecule has 1 aromatic rings. The summed E-state index contributed by atoms with van der Waals surface area (Å²) < 4.78 is 0.793. The molecule has 1 N–H and O–H groups in total. The molecule has 3 rings (SSSR count). The third kappa shape index (κ3) is 1.14. The van der Waals surface area contributed by atoms with Crippen molar-refractivity contribution in [2.75, 3.05) is 4.90 Å². The Morgan fingerprint density at radius 1 is 1.31 bits per heavy atom. The van der Waals surface area contributed by atoms with Crippen LogP contribution in [0, 0.1) is 3.95 Å². The zero-order valence-electron chi connectivity index (χ0n) is 7.19. The maximum absolute atomic E-state index is 5.04. The second-order valence-electron chi connectivity index (χ2n) is 3.77. The Labute approximate surface area is 85.8 Å². The number of H-pyrrole nitrogens is 1. The summed E-state index contributed by atoms with van der Waals surface area (Å²) in [4.78, 5) is 2.47. The molecular weight excluding hydrogens is 202 g/mol. The van der Waals surface area contributed by atoms with Gasteiger partial charge < -0.3 is 4.90 Å². The van der Waals surface area contributed by atoms with Gasteiger partial charge in [-0.1, -0.05) is 11.3 Å². The lowest BCUT2D eigenvalue weighted by Crippen LogP contribution is -2.27. The van der Waals surface area contributed by atoms with Gasteiger partial charge in [-0.05, 0) is 37.9 Å². The van der Waals surface area contributed by atoms with E-state index in [9.17, 15) is 0 Å². The van der Waals surface area contributed by atoms with Crippen LogP contribution in [-0.4, -0.2) is 22.3 Å². The maximum Gasteiger partial charge on any atom is 0.207 e. The topological polar surface area (TPSA) is 31.9 Å². The fraction of sp³-hybridized carbons (Fsp3) is 0.750. The van der Waals surface area contributed by atoms with E-state index in [1.54, 1.807) is 11.3 Å². The highest BCUT2D eigenvalue weighted by Crippen LogP contribution is 2.41. The second-order valence-corrected chi connectivity index (χ2v) is 5.41. The summed E-state index contributed by atoms with van der Waals surface area (Å²) in [6, 6.07) is 1.50. The molecule has 1 aromatic heterocycles. The molecule has 0 radical (unpaired) electrons. The lowest BCUT2D eigenvalue weighted by Gasteiger charge is -2.19. The highest BCUT2D eigenvalue weighted by Gasteiger charge is 2.40. The minimum absolute atomic E-state index is 0.749. The molecule has 13 heavy (non-hydrogen) atoms. The Bertz CT molecular complexity index is 349. The molecule has 0 aromatic carbocycles. The fourth-order valence-electron chi connectivity index (χ4n) is 2.56. The van der Waals surface area contributed by atoms with Gasteiger partial charge in [-0.3, -0.25) is 5.10 Å². The Morgan fingerprint density at radius 2 is 1.92 bits per heavy atom. The molecule has 2 fully saturated rings. The largest absolute Gasteiger partial charge is 0.341 e. The predicted octanol–water partition coefficient (Wildman–Crippen LogP) is 2.33. The van der Waals surface area contributed by atoms with E-state index in [1.807, 2.05) is 0 Å². The summed E-state index contributed by atoms with van der Waals surface area (Å²) in [5, 5.41) is 8.22. The molecule has 2 aliphatic rings. The Hall–Kier alpha value is -0.420. The number of anilines is 1. The van der Waals surface area contributed by atoms with Gasteiger partial charge in [-0.2, -0.15) is 0 Å². The molecule has 2 saturated heterocycles. The Balaban J connectivity index is 1.98. The summed E-state index contributed by atoms with van der Waals surface area (Å²) in [6.45, 7) is 0. The average molecular weight is 213 g/mol. The zero-order valence-corrected chi connectivity index (χ0v) is 8.83. The van der Waals surface area contributed by atoms with Crippen LogP contribution in [0.4, 0.5) is 5.13 Å². The third-order valence-corrected chi connectivity index (χ3v) is 4.20. The first-order valence-corrected chi connectivity index (χ1v) is 5.91. The van der Waals surface area contributed by atoms with Crippen LogP contribution < -0.4 is 4.90 Å². The highest BCUT2D eigenvalue weighted by molar-refractivity contribution is 7.73. The number of rotatable bonds is 1. The van der Waals surface area contributed by atoms with E-state index in [4.69, 9.17) is 12.2 Å². The first-order chi connectivity index (χ1) is 6.34. The van der Waals surface area contributed by atoms with E-state index in [-0.39, 0.29) is 0 Å². The van der Waals surface area contributed by atoms with Crippen LogP contribution in [0.25, 0.3) is 0 Å². The molecule has 0 aliphatic carbocycles. The molecule has 2 bridgehead atoms. The molecule has 0 spiro atoms. The van der Waals surface area contributed by atoms with Gasteiger partial charge in [0.15, 0.2) is 3.95 Å². The SMILES string of the molecule is S=c1[nH]nc(N2C3CCC2CC3)s1. The molecule has 5 heteroatoms. The standard InChI is InChI=1S/C8H11N3S2/c12-8-10-9-7(13-8)11-5-1-2-6(11)4-3-5/h5-6H,1-4H2,(H,10,12). The van der Waals surface area contributed by atoms with Crippen LogP contribution in [0.1, 0.15) is 25.7 Å². The minimum Gasteiger partial charge on any atom is -0.341 e. The van der Waals surface area contributed by atoms with E-state index in [2.05, 4.69) is 15.1 Å². The summed E-state index contributed by atoms with van der Waals surface area (Å²) in [5.74, 6) is 0. The molecule has 0 amide bonds. The lowest BCUT2D eigenvalue weighted by molar-refractivity contribution is 0.576. The van der Waals surface area contributed by atoms with Crippen LogP contribution in [0.15, 0.2) is 0 Å². The van der Waals surface area contributed by atoms with E-state index in [0.717, 1.165) is 21.2 Å². The first-order valence-electron chi connectivity index (χ1n) is 4.68.